The van der Waals surface area contributed by atoms with E-state index in [9.17, 15) is 4.79 Å². The van der Waals surface area contributed by atoms with Gasteiger partial charge in [-0.1, -0.05) is 6.07 Å². The number of nitrogen functional groups attached to an aromatic ring is 1. The van der Waals surface area contributed by atoms with Crippen LogP contribution in [-0.2, 0) is 4.79 Å². The zero-order chi connectivity index (χ0) is 14.4. The van der Waals surface area contributed by atoms with E-state index in [0.29, 0.717) is 17.3 Å². The number of aromatic nitrogens is 2. The zero-order valence-corrected chi connectivity index (χ0v) is 11.3. The summed E-state index contributed by atoms with van der Waals surface area (Å²) in [7, 11) is 0. The fourth-order valence-electron chi connectivity index (χ4n) is 1.48. The first-order valence-electron chi connectivity index (χ1n) is 5.90. The molecule has 0 bridgehead atoms. The monoisotopic (exact) mass is 292 g/mol. The van der Waals surface area contributed by atoms with E-state index in [1.54, 1.807) is 30.3 Å². The van der Waals surface area contributed by atoms with Gasteiger partial charge in [0.2, 0.25) is 11.2 Å². The van der Waals surface area contributed by atoms with Crippen molar-refractivity contribution in [2.45, 2.75) is 6.42 Å². The Bertz CT molecular complexity index is 606. The molecule has 0 saturated carbocycles. The third kappa shape index (κ3) is 4.40. The Balaban J connectivity index is 1.78. The van der Waals surface area contributed by atoms with Crippen LogP contribution in [0.15, 0.2) is 36.5 Å². The molecule has 104 valence electrons. The molecule has 1 amide bonds. The number of carbonyl (C=O) groups excluding carboxylic acids is 1. The second kappa shape index (κ2) is 6.72. The van der Waals surface area contributed by atoms with Gasteiger partial charge in [0.05, 0.1) is 13.0 Å². The molecule has 0 aliphatic carbocycles. The van der Waals surface area contributed by atoms with Crippen molar-refractivity contribution in [1.82, 2.24) is 9.97 Å². The fourth-order valence-corrected chi connectivity index (χ4v) is 1.62. The van der Waals surface area contributed by atoms with Gasteiger partial charge in [-0.2, -0.15) is 0 Å². The summed E-state index contributed by atoms with van der Waals surface area (Å²) in [6.45, 7) is 0.244. The van der Waals surface area contributed by atoms with Crippen molar-refractivity contribution in [1.29, 1.82) is 0 Å². The van der Waals surface area contributed by atoms with E-state index in [2.05, 4.69) is 15.3 Å². The highest BCUT2D eigenvalue weighted by atomic mass is 35.5. The average Bonchev–Trinajstić information content (AvgIpc) is 2.38. The van der Waals surface area contributed by atoms with Gasteiger partial charge in [0.1, 0.15) is 11.6 Å². The van der Waals surface area contributed by atoms with Crippen molar-refractivity contribution in [3.63, 3.8) is 0 Å². The summed E-state index contributed by atoms with van der Waals surface area (Å²) in [5, 5.41) is 2.68. The molecule has 0 radical (unpaired) electrons. The number of nitrogens with two attached hydrogens (primary N) is 1. The molecule has 2 rings (SSSR count). The lowest BCUT2D eigenvalue weighted by molar-refractivity contribution is -0.116. The van der Waals surface area contributed by atoms with Crippen LogP contribution in [0.25, 0.3) is 0 Å². The second-order valence-electron chi connectivity index (χ2n) is 3.93. The molecule has 20 heavy (non-hydrogen) atoms. The van der Waals surface area contributed by atoms with E-state index in [4.69, 9.17) is 22.1 Å². The Hall–Kier alpha value is -2.34. The highest BCUT2D eigenvalue weighted by molar-refractivity contribution is 6.28. The van der Waals surface area contributed by atoms with E-state index in [1.807, 2.05) is 0 Å². The molecule has 6 nitrogen and oxygen atoms in total. The van der Waals surface area contributed by atoms with E-state index in [-0.39, 0.29) is 24.2 Å². The first kappa shape index (κ1) is 14.1. The lowest BCUT2D eigenvalue weighted by Crippen LogP contribution is -2.16. The lowest BCUT2D eigenvalue weighted by Gasteiger charge is -2.07. The molecule has 1 aromatic carbocycles. The quantitative estimate of drug-likeness (QED) is 0.651. The van der Waals surface area contributed by atoms with Gasteiger partial charge < -0.3 is 15.8 Å². The number of carbonyl (C=O) groups is 1. The molecule has 3 N–H and O–H groups in total. The predicted octanol–water partition coefficient (Wildman–Crippen LogP) is 2.12. The summed E-state index contributed by atoms with van der Waals surface area (Å²) in [6, 6.07) is 8.58. The molecule has 0 atom stereocenters. The molecule has 1 aromatic heterocycles. The number of halogens is 1. The number of nitrogens with zero attached hydrogens (tertiary/aromatic N) is 2. The Labute approximate surface area is 120 Å². The molecular formula is C13H13ClN4O2. The van der Waals surface area contributed by atoms with Crippen LogP contribution in [0.1, 0.15) is 6.42 Å². The van der Waals surface area contributed by atoms with Crippen LogP contribution in [0.4, 0.5) is 11.5 Å². The maximum Gasteiger partial charge on any atom is 0.228 e. The minimum absolute atomic E-state index is 0.0822. The Morgan fingerprint density at radius 1 is 1.40 bits per heavy atom. The van der Waals surface area contributed by atoms with Gasteiger partial charge in [-0.3, -0.25) is 4.79 Å². The first-order valence-corrected chi connectivity index (χ1v) is 6.28. The Kier molecular flexibility index (Phi) is 4.73. The molecule has 0 saturated heterocycles. The summed E-state index contributed by atoms with van der Waals surface area (Å²) in [4.78, 5) is 19.2. The third-order valence-electron chi connectivity index (χ3n) is 2.35. The number of anilines is 2. The van der Waals surface area contributed by atoms with E-state index < -0.39 is 0 Å². The summed E-state index contributed by atoms with van der Waals surface area (Å²) in [5.74, 6) is 0.769. The summed E-state index contributed by atoms with van der Waals surface area (Å²) in [6.07, 6.45) is 1.66. The summed E-state index contributed by atoms with van der Waals surface area (Å²) < 4.78 is 5.42. The van der Waals surface area contributed by atoms with E-state index in [0.717, 1.165) is 0 Å². The zero-order valence-electron chi connectivity index (χ0n) is 10.5. The van der Waals surface area contributed by atoms with Crippen molar-refractivity contribution >= 4 is 29.0 Å². The number of ether oxygens (including phenoxy) is 1. The molecule has 7 heteroatoms. The van der Waals surface area contributed by atoms with Gasteiger partial charge in [-0.05, 0) is 29.8 Å². The van der Waals surface area contributed by atoms with Crippen LogP contribution in [0, 0.1) is 0 Å². The minimum atomic E-state index is -0.219. The van der Waals surface area contributed by atoms with Crippen molar-refractivity contribution in [2.75, 3.05) is 17.7 Å². The van der Waals surface area contributed by atoms with Crippen LogP contribution >= 0.6 is 11.6 Å². The van der Waals surface area contributed by atoms with E-state index >= 15 is 0 Å². The maximum absolute atomic E-state index is 11.7. The van der Waals surface area contributed by atoms with Crippen molar-refractivity contribution < 1.29 is 9.53 Å². The van der Waals surface area contributed by atoms with Gasteiger partial charge in [0.25, 0.3) is 0 Å². The van der Waals surface area contributed by atoms with Gasteiger partial charge in [-0.15, -0.1) is 0 Å². The standard InChI is InChI=1S/C13H13ClN4O2/c14-13-16-6-4-11(18-13)17-12(19)5-7-20-10-3-1-2-9(15)8-10/h1-4,6,8H,5,7,15H2,(H,16,17,18,19). The van der Waals surface area contributed by atoms with Crippen molar-refractivity contribution in [2.24, 2.45) is 0 Å². The topological polar surface area (TPSA) is 90.1 Å². The SMILES string of the molecule is Nc1cccc(OCCC(=O)Nc2ccnc(Cl)n2)c1. The highest BCUT2D eigenvalue weighted by Gasteiger charge is 2.05. The van der Waals surface area contributed by atoms with Gasteiger partial charge in [0.15, 0.2) is 0 Å². The molecule has 0 aliphatic rings. The van der Waals surface area contributed by atoms with Gasteiger partial charge in [0, 0.05) is 18.0 Å². The summed E-state index contributed by atoms with van der Waals surface area (Å²) in [5.41, 5.74) is 6.23. The molecular weight excluding hydrogens is 280 g/mol. The molecule has 0 spiro atoms. The highest BCUT2D eigenvalue weighted by Crippen LogP contribution is 2.14. The van der Waals surface area contributed by atoms with Crippen LogP contribution in [-0.4, -0.2) is 22.5 Å². The van der Waals surface area contributed by atoms with Crippen molar-refractivity contribution in [3.05, 3.63) is 41.8 Å². The number of hydrogen-bond donors (Lipinski definition) is 2. The molecule has 0 aliphatic heterocycles. The van der Waals surface area contributed by atoms with Crippen LogP contribution in [0.2, 0.25) is 5.28 Å². The van der Waals surface area contributed by atoms with E-state index in [1.165, 1.54) is 6.20 Å². The summed E-state index contributed by atoms with van der Waals surface area (Å²) >= 11 is 5.62. The minimum Gasteiger partial charge on any atom is -0.493 e. The van der Waals surface area contributed by atoms with Gasteiger partial charge >= 0.3 is 0 Å². The normalized spacial score (nSPS) is 10.1. The van der Waals surface area contributed by atoms with Crippen LogP contribution < -0.4 is 15.8 Å². The fraction of sp³-hybridized carbons (Fsp3) is 0.154. The second-order valence-corrected chi connectivity index (χ2v) is 4.27. The molecule has 2 aromatic rings. The van der Waals surface area contributed by atoms with Crippen LogP contribution in [0.3, 0.4) is 0 Å². The van der Waals surface area contributed by atoms with Crippen molar-refractivity contribution in [3.8, 4) is 5.75 Å². The maximum atomic E-state index is 11.7. The van der Waals surface area contributed by atoms with Crippen LogP contribution in [0.5, 0.6) is 5.75 Å². The number of amides is 1. The lowest BCUT2D eigenvalue weighted by atomic mass is 10.3. The first-order chi connectivity index (χ1) is 9.63. The molecule has 0 unspecified atom stereocenters. The Morgan fingerprint density at radius 3 is 3.00 bits per heavy atom. The Morgan fingerprint density at radius 2 is 2.25 bits per heavy atom. The largest absolute Gasteiger partial charge is 0.493 e. The predicted molar refractivity (Wildman–Crippen MR) is 76.6 cm³/mol. The number of hydrogen-bond acceptors (Lipinski definition) is 5. The number of nitrogens with one attached hydrogen (secondary N) is 1. The smallest absolute Gasteiger partial charge is 0.228 e. The van der Waals surface area contributed by atoms with Gasteiger partial charge in [-0.25, -0.2) is 9.97 Å². The molecule has 1 heterocycles. The average molecular weight is 293 g/mol. The molecule has 0 fully saturated rings. The number of rotatable bonds is 5. The number of benzene rings is 1. The third-order valence-corrected chi connectivity index (χ3v) is 2.53.